The van der Waals surface area contributed by atoms with Crippen LogP contribution in [0.4, 0.5) is 4.39 Å². The zero-order valence-electron chi connectivity index (χ0n) is 10.8. The van der Waals surface area contributed by atoms with Crippen LogP contribution in [0.25, 0.3) is 6.08 Å². The van der Waals surface area contributed by atoms with Crippen molar-refractivity contribution in [2.75, 3.05) is 7.11 Å². The largest absolute Gasteiger partial charge is 0.504 e. The Hall–Kier alpha value is -2.62. The van der Waals surface area contributed by atoms with Crippen LogP contribution in [0.3, 0.4) is 0 Å². The third-order valence-corrected chi connectivity index (χ3v) is 2.77. The molecule has 2 aromatic rings. The number of halogens is 1. The lowest BCUT2D eigenvalue weighted by Crippen LogP contribution is -1.97. The molecule has 0 fully saturated rings. The fourth-order valence-electron chi connectivity index (χ4n) is 1.72. The Bertz CT molecular complexity index is 663. The van der Waals surface area contributed by atoms with E-state index in [1.807, 2.05) is 0 Å². The van der Waals surface area contributed by atoms with Gasteiger partial charge in [0, 0.05) is 0 Å². The van der Waals surface area contributed by atoms with E-state index >= 15 is 0 Å². The molecule has 0 aliphatic carbocycles. The summed E-state index contributed by atoms with van der Waals surface area (Å²) < 4.78 is 18.4. The van der Waals surface area contributed by atoms with E-state index in [1.165, 1.54) is 43.5 Å². The van der Waals surface area contributed by atoms with Crippen LogP contribution in [-0.2, 0) is 0 Å². The number of aromatic hydroxyl groups is 1. The molecule has 0 aromatic heterocycles. The van der Waals surface area contributed by atoms with E-state index in [0.29, 0.717) is 11.3 Å². The summed E-state index contributed by atoms with van der Waals surface area (Å²) in [6, 6.07) is 10.5. The molecule has 0 radical (unpaired) electrons. The van der Waals surface area contributed by atoms with Gasteiger partial charge in [-0.15, -0.1) is 0 Å². The van der Waals surface area contributed by atoms with Gasteiger partial charge < -0.3 is 9.84 Å². The molecule has 0 saturated heterocycles. The number of phenols is 1. The second-order valence-electron chi connectivity index (χ2n) is 4.11. The lowest BCUT2D eigenvalue weighted by atomic mass is 10.1. The molecule has 20 heavy (non-hydrogen) atoms. The van der Waals surface area contributed by atoms with Crippen molar-refractivity contribution in [2.24, 2.45) is 0 Å². The lowest BCUT2D eigenvalue weighted by Gasteiger charge is -2.03. The van der Waals surface area contributed by atoms with Gasteiger partial charge in [0.15, 0.2) is 17.3 Å². The zero-order valence-corrected chi connectivity index (χ0v) is 10.8. The molecule has 0 aliphatic heterocycles. The SMILES string of the molecule is COc1cc(/C=C/C(=O)c2ccccc2F)ccc1O. The maximum absolute atomic E-state index is 13.4. The van der Waals surface area contributed by atoms with E-state index in [4.69, 9.17) is 4.74 Å². The van der Waals surface area contributed by atoms with E-state index in [9.17, 15) is 14.3 Å². The molecule has 102 valence electrons. The van der Waals surface area contributed by atoms with Crippen LogP contribution in [0.1, 0.15) is 15.9 Å². The molecular weight excluding hydrogens is 259 g/mol. The molecule has 0 amide bonds. The molecule has 3 nitrogen and oxygen atoms in total. The summed E-state index contributed by atoms with van der Waals surface area (Å²) in [6.07, 6.45) is 2.82. The number of carbonyl (C=O) groups excluding carboxylic acids is 1. The number of hydrogen-bond donors (Lipinski definition) is 1. The Morgan fingerprint density at radius 2 is 2.00 bits per heavy atom. The fourth-order valence-corrected chi connectivity index (χ4v) is 1.72. The second-order valence-corrected chi connectivity index (χ2v) is 4.11. The average molecular weight is 272 g/mol. The highest BCUT2D eigenvalue weighted by Gasteiger charge is 2.07. The Kier molecular flexibility index (Phi) is 4.15. The Morgan fingerprint density at radius 1 is 1.25 bits per heavy atom. The first-order valence-corrected chi connectivity index (χ1v) is 5.96. The van der Waals surface area contributed by atoms with Crippen molar-refractivity contribution >= 4 is 11.9 Å². The van der Waals surface area contributed by atoms with Crippen LogP contribution in [0.2, 0.25) is 0 Å². The van der Waals surface area contributed by atoms with Gasteiger partial charge in [-0.05, 0) is 35.9 Å². The average Bonchev–Trinajstić information content (AvgIpc) is 2.46. The van der Waals surface area contributed by atoms with Gasteiger partial charge in [0.2, 0.25) is 0 Å². The number of ketones is 1. The molecule has 0 bridgehead atoms. The normalized spacial score (nSPS) is 10.7. The van der Waals surface area contributed by atoms with Gasteiger partial charge in [0.1, 0.15) is 5.82 Å². The van der Waals surface area contributed by atoms with Crippen LogP contribution in [0.5, 0.6) is 11.5 Å². The van der Waals surface area contributed by atoms with Crippen molar-refractivity contribution in [3.05, 3.63) is 65.5 Å². The van der Waals surface area contributed by atoms with Gasteiger partial charge in [-0.2, -0.15) is 0 Å². The molecule has 4 heteroatoms. The molecular formula is C16H13FO3. The molecule has 0 unspecified atom stereocenters. The minimum Gasteiger partial charge on any atom is -0.504 e. The monoisotopic (exact) mass is 272 g/mol. The van der Waals surface area contributed by atoms with Crippen LogP contribution in [0.15, 0.2) is 48.5 Å². The number of carbonyl (C=O) groups is 1. The number of ether oxygens (including phenoxy) is 1. The van der Waals surface area contributed by atoms with Crippen molar-refractivity contribution in [3.8, 4) is 11.5 Å². The Balaban J connectivity index is 2.21. The molecule has 0 heterocycles. The molecule has 0 saturated carbocycles. The number of hydrogen-bond acceptors (Lipinski definition) is 3. The fraction of sp³-hybridized carbons (Fsp3) is 0.0625. The van der Waals surface area contributed by atoms with Crippen LogP contribution in [-0.4, -0.2) is 18.0 Å². The number of benzene rings is 2. The Labute approximate surface area is 115 Å². The van der Waals surface area contributed by atoms with Gasteiger partial charge in [-0.3, -0.25) is 4.79 Å². The molecule has 2 rings (SSSR count). The second kappa shape index (κ2) is 6.02. The maximum Gasteiger partial charge on any atom is 0.188 e. The van der Waals surface area contributed by atoms with E-state index < -0.39 is 11.6 Å². The lowest BCUT2D eigenvalue weighted by molar-refractivity contribution is 0.104. The highest BCUT2D eigenvalue weighted by atomic mass is 19.1. The van der Waals surface area contributed by atoms with Crippen LogP contribution in [0, 0.1) is 5.82 Å². The van der Waals surface area contributed by atoms with Crippen LogP contribution >= 0.6 is 0 Å². The predicted molar refractivity (Wildman–Crippen MR) is 74.4 cm³/mol. The quantitative estimate of drug-likeness (QED) is 0.685. The van der Waals surface area contributed by atoms with Gasteiger partial charge in [0.25, 0.3) is 0 Å². The maximum atomic E-state index is 13.4. The van der Waals surface area contributed by atoms with Gasteiger partial charge in [-0.25, -0.2) is 4.39 Å². The van der Waals surface area contributed by atoms with E-state index in [2.05, 4.69) is 0 Å². The number of rotatable bonds is 4. The summed E-state index contributed by atoms with van der Waals surface area (Å²) in [5.41, 5.74) is 0.693. The summed E-state index contributed by atoms with van der Waals surface area (Å²) >= 11 is 0. The third kappa shape index (κ3) is 3.03. The van der Waals surface area contributed by atoms with E-state index in [-0.39, 0.29) is 11.3 Å². The summed E-state index contributed by atoms with van der Waals surface area (Å²) in [4.78, 5) is 11.9. The summed E-state index contributed by atoms with van der Waals surface area (Å²) in [5, 5.41) is 9.46. The zero-order chi connectivity index (χ0) is 14.5. The topological polar surface area (TPSA) is 46.5 Å². The van der Waals surface area contributed by atoms with Crippen LogP contribution < -0.4 is 4.74 Å². The van der Waals surface area contributed by atoms with E-state index in [0.717, 1.165) is 0 Å². The van der Waals surface area contributed by atoms with Crippen molar-refractivity contribution in [1.29, 1.82) is 0 Å². The van der Waals surface area contributed by atoms with Gasteiger partial charge in [0.05, 0.1) is 12.7 Å². The first kappa shape index (κ1) is 13.8. The first-order chi connectivity index (χ1) is 9.61. The first-order valence-electron chi connectivity index (χ1n) is 5.96. The third-order valence-electron chi connectivity index (χ3n) is 2.77. The van der Waals surface area contributed by atoms with Crippen molar-refractivity contribution in [1.82, 2.24) is 0 Å². The van der Waals surface area contributed by atoms with Crippen molar-refractivity contribution in [2.45, 2.75) is 0 Å². The van der Waals surface area contributed by atoms with E-state index in [1.54, 1.807) is 18.2 Å². The smallest absolute Gasteiger partial charge is 0.188 e. The summed E-state index contributed by atoms with van der Waals surface area (Å²) in [5.74, 6) is -0.642. The minimum absolute atomic E-state index is 0.0186. The molecule has 2 aromatic carbocycles. The summed E-state index contributed by atoms with van der Waals surface area (Å²) in [6.45, 7) is 0. The predicted octanol–water partition coefficient (Wildman–Crippen LogP) is 3.44. The highest BCUT2D eigenvalue weighted by molar-refractivity contribution is 6.07. The van der Waals surface area contributed by atoms with Gasteiger partial charge >= 0.3 is 0 Å². The Morgan fingerprint density at radius 3 is 2.70 bits per heavy atom. The molecule has 0 atom stereocenters. The highest BCUT2D eigenvalue weighted by Crippen LogP contribution is 2.26. The number of methoxy groups -OCH3 is 1. The van der Waals surface area contributed by atoms with Crippen molar-refractivity contribution in [3.63, 3.8) is 0 Å². The molecule has 0 aliphatic rings. The standard InChI is InChI=1S/C16H13FO3/c1-20-16-10-11(7-9-15(16)19)6-8-14(18)12-4-2-3-5-13(12)17/h2-10,19H,1H3/b8-6+. The number of phenolic OH excluding ortho intramolecular Hbond substituents is 1. The summed E-state index contributed by atoms with van der Waals surface area (Å²) in [7, 11) is 1.44. The van der Waals surface area contributed by atoms with Gasteiger partial charge in [-0.1, -0.05) is 24.3 Å². The minimum atomic E-state index is -0.551. The van der Waals surface area contributed by atoms with Crippen molar-refractivity contribution < 1.29 is 19.0 Å². The molecule has 0 spiro atoms. The molecule has 1 N–H and O–H groups in total. The number of allylic oxidation sites excluding steroid dienone is 1.